The van der Waals surface area contributed by atoms with Gasteiger partial charge in [-0.15, -0.1) is 0 Å². The summed E-state index contributed by atoms with van der Waals surface area (Å²) in [5, 5.41) is 33.4. The Bertz CT molecular complexity index is 670. The highest BCUT2D eigenvalue weighted by Gasteiger charge is 2.61. The van der Waals surface area contributed by atoms with Gasteiger partial charge in [-0.25, -0.2) is 4.39 Å². The zero-order valence-corrected chi connectivity index (χ0v) is 19.6. The molecule has 11 atom stereocenters. The normalized spacial score (nSPS) is 50.7. The van der Waals surface area contributed by atoms with E-state index < -0.39 is 12.8 Å². The third-order valence-corrected chi connectivity index (χ3v) is 10.9. The standard InChI is InChI=1S/C26H43FO4/c1-15(4-5-19(29)14-27)21-6-7-22-20-11-17(13-24(31)26(21,22)3)25(2)9-8-18(28)10-16(25)12-23(20)30/h15-18,20-24,28,30-31H,4-14H2,1-3H3/t15-,16+,17-,18-,20?,21-,22+,23-,24+,25+,26-/m1/s1. The molecule has 3 N–H and O–H groups in total. The number of aliphatic hydroxyl groups is 3. The first-order valence-corrected chi connectivity index (χ1v) is 12.7. The van der Waals surface area contributed by atoms with Gasteiger partial charge in [0.05, 0.1) is 18.3 Å². The second kappa shape index (κ2) is 8.68. The van der Waals surface area contributed by atoms with Crippen molar-refractivity contribution in [3.8, 4) is 0 Å². The predicted octanol–water partition coefficient (Wildman–Crippen LogP) is 4.29. The van der Waals surface area contributed by atoms with Crippen LogP contribution >= 0.6 is 0 Å². The smallest absolute Gasteiger partial charge is 0.163 e. The summed E-state index contributed by atoms with van der Waals surface area (Å²) in [5.74, 6) is 1.38. The molecule has 0 aliphatic heterocycles. The molecule has 2 bridgehead atoms. The first-order chi connectivity index (χ1) is 14.6. The summed E-state index contributed by atoms with van der Waals surface area (Å²) in [6, 6.07) is 0. The second-order valence-electron chi connectivity index (χ2n) is 12.1. The molecule has 4 aliphatic rings. The third-order valence-electron chi connectivity index (χ3n) is 10.9. The SMILES string of the molecule is C[C@H](CCC(=O)CF)[C@H]1CC[C@H]2C3C[C@H](C[C@H](O)[C@]12C)[C@@]1(C)CC[C@@H](O)C[C@H]1C[C@H]3O. The van der Waals surface area contributed by atoms with Crippen molar-refractivity contribution in [3.63, 3.8) is 0 Å². The van der Waals surface area contributed by atoms with E-state index in [2.05, 4.69) is 20.8 Å². The molecule has 0 aromatic heterocycles. The van der Waals surface area contributed by atoms with Gasteiger partial charge in [0.2, 0.25) is 0 Å². The summed E-state index contributed by atoms with van der Waals surface area (Å²) in [4.78, 5) is 11.6. The van der Waals surface area contributed by atoms with Gasteiger partial charge >= 0.3 is 0 Å². The van der Waals surface area contributed by atoms with Crippen molar-refractivity contribution in [2.75, 3.05) is 6.67 Å². The van der Waals surface area contributed by atoms with Crippen LogP contribution in [0.15, 0.2) is 0 Å². The number of hydrogen-bond donors (Lipinski definition) is 3. The minimum atomic E-state index is -0.885. The van der Waals surface area contributed by atoms with Crippen LogP contribution in [0.2, 0.25) is 0 Å². The van der Waals surface area contributed by atoms with E-state index in [1.807, 2.05) is 0 Å². The van der Waals surface area contributed by atoms with Gasteiger partial charge in [0.25, 0.3) is 0 Å². The van der Waals surface area contributed by atoms with E-state index in [-0.39, 0.29) is 53.0 Å². The summed E-state index contributed by atoms with van der Waals surface area (Å²) in [6.07, 6.45) is 7.00. The van der Waals surface area contributed by atoms with Gasteiger partial charge < -0.3 is 15.3 Å². The molecule has 4 nitrogen and oxygen atoms in total. The number of fused-ring (bicyclic) bond motifs is 6. The molecular formula is C26H43FO4. The molecule has 1 unspecified atom stereocenters. The molecule has 0 spiro atoms. The Morgan fingerprint density at radius 3 is 2.45 bits per heavy atom. The van der Waals surface area contributed by atoms with Crippen molar-refractivity contribution in [2.24, 2.45) is 46.3 Å². The molecule has 178 valence electrons. The van der Waals surface area contributed by atoms with Crippen LogP contribution in [0.3, 0.4) is 0 Å². The highest BCUT2D eigenvalue weighted by molar-refractivity contribution is 5.79. The lowest BCUT2D eigenvalue weighted by Gasteiger charge is -2.50. The maximum absolute atomic E-state index is 12.7. The number of hydrogen-bond acceptors (Lipinski definition) is 4. The number of alkyl halides is 1. The molecule has 4 rings (SSSR count). The molecule has 0 radical (unpaired) electrons. The fraction of sp³-hybridized carbons (Fsp3) is 0.962. The zero-order chi connectivity index (χ0) is 22.6. The summed E-state index contributed by atoms with van der Waals surface area (Å²) >= 11 is 0. The molecule has 4 saturated carbocycles. The Morgan fingerprint density at radius 1 is 1.03 bits per heavy atom. The van der Waals surface area contributed by atoms with Crippen molar-refractivity contribution in [3.05, 3.63) is 0 Å². The third kappa shape index (κ3) is 3.91. The fourth-order valence-corrected chi connectivity index (χ4v) is 8.82. The lowest BCUT2D eigenvalue weighted by atomic mass is 9.57. The molecule has 0 aromatic rings. The minimum absolute atomic E-state index is 0.0690. The Labute approximate surface area is 187 Å². The van der Waals surface area contributed by atoms with E-state index >= 15 is 0 Å². The number of carbonyl (C=O) groups is 1. The van der Waals surface area contributed by atoms with Crippen LogP contribution in [0.5, 0.6) is 0 Å². The van der Waals surface area contributed by atoms with Crippen molar-refractivity contribution < 1.29 is 24.5 Å². The van der Waals surface area contributed by atoms with Crippen molar-refractivity contribution in [1.29, 1.82) is 0 Å². The largest absolute Gasteiger partial charge is 0.393 e. The maximum Gasteiger partial charge on any atom is 0.163 e. The molecule has 0 amide bonds. The Kier molecular flexibility index (Phi) is 6.62. The number of rotatable bonds is 5. The van der Waals surface area contributed by atoms with Gasteiger partial charge in [0.15, 0.2) is 5.78 Å². The van der Waals surface area contributed by atoms with Gasteiger partial charge in [-0.05, 0) is 104 Å². The van der Waals surface area contributed by atoms with E-state index in [0.29, 0.717) is 24.2 Å². The number of carbonyl (C=O) groups excluding carboxylic acids is 1. The molecule has 0 heterocycles. The average Bonchev–Trinajstić information content (AvgIpc) is 2.98. The summed E-state index contributed by atoms with van der Waals surface area (Å²) in [7, 11) is 0. The van der Waals surface area contributed by atoms with Crippen LogP contribution in [0.4, 0.5) is 4.39 Å². The van der Waals surface area contributed by atoms with Crippen LogP contribution in [0, 0.1) is 46.3 Å². The van der Waals surface area contributed by atoms with E-state index in [9.17, 15) is 24.5 Å². The summed E-state index contributed by atoms with van der Waals surface area (Å²) < 4.78 is 12.7. The lowest BCUT2D eigenvalue weighted by molar-refractivity contribution is -0.120. The molecule has 0 saturated heterocycles. The topological polar surface area (TPSA) is 77.8 Å². The molecule has 31 heavy (non-hydrogen) atoms. The highest BCUT2D eigenvalue weighted by atomic mass is 19.1. The Balaban J connectivity index is 1.61. The molecule has 4 fully saturated rings. The predicted molar refractivity (Wildman–Crippen MR) is 118 cm³/mol. The maximum atomic E-state index is 12.7. The average molecular weight is 439 g/mol. The van der Waals surface area contributed by atoms with Crippen molar-refractivity contribution >= 4 is 5.78 Å². The molecule has 5 heteroatoms. The summed E-state index contributed by atoms with van der Waals surface area (Å²) in [5.41, 5.74) is -0.199. The van der Waals surface area contributed by atoms with Crippen LogP contribution < -0.4 is 0 Å². The van der Waals surface area contributed by atoms with Gasteiger partial charge in [0, 0.05) is 6.42 Å². The molecular weight excluding hydrogens is 395 g/mol. The van der Waals surface area contributed by atoms with E-state index in [0.717, 1.165) is 51.4 Å². The quantitative estimate of drug-likeness (QED) is 0.598. The lowest BCUT2D eigenvalue weighted by Crippen LogP contribution is -2.48. The van der Waals surface area contributed by atoms with Crippen molar-refractivity contribution in [2.45, 2.75) is 103 Å². The fourth-order valence-electron chi connectivity index (χ4n) is 8.82. The number of ketones is 1. The summed E-state index contributed by atoms with van der Waals surface area (Å²) in [6.45, 7) is 5.87. The number of aliphatic hydroxyl groups excluding tert-OH is 3. The van der Waals surface area contributed by atoms with E-state index in [4.69, 9.17) is 0 Å². The van der Waals surface area contributed by atoms with E-state index in [1.165, 1.54) is 0 Å². The first kappa shape index (κ1) is 23.6. The number of Topliss-reactive ketones (excluding diaryl/α,β-unsaturated/α-hetero) is 1. The highest BCUT2D eigenvalue weighted by Crippen LogP contribution is 2.65. The van der Waals surface area contributed by atoms with Gasteiger partial charge in [-0.2, -0.15) is 0 Å². The number of halogens is 1. The van der Waals surface area contributed by atoms with Gasteiger partial charge in [-0.1, -0.05) is 20.8 Å². The van der Waals surface area contributed by atoms with Crippen LogP contribution in [-0.4, -0.2) is 46.1 Å². The first-order valence-electron chi connectivity index (χ1n) is 12.7. The van der Waals surface area contributed by atoms with Crippen LogP contribution in [0.25, 0.3) is 0 Å². The van der Waals surface area contributed by atoms with Crippen LogP contribution in [-0.2, 0) is 4.79 Å². The van der Waals surface area contributed by atoms with Crippen molar-refractivity contribution in [1.82, 2.24) is 0 Å². The van der Waals surface area contributed by atoms with Crippen LogP contribution in [0.1, 0.15) is 85.0 Å². The van der Waals surface area contributed by atoms with Gasteiger partial charge in [0.1, 0.15) is 6.67 Å². The zero-order valence-electron chi connectivity index (χ0n) is 19.6. The van der Waals surface area contributed by atoms with E-state index in [1.54, 1.807) is 0 Å². The minimum Gasteiger partial charge on any atom is -0.393 e. The van der Waals surface area contributed by atoms with Gasteiger partial charge in [-0.3, -0.25) is 4.79 Å². The molecule has 0 aromatic carbocycles. The second-order valence-corrected chi connectivity index (χ2v) is 12.1. The molecule has 4 aliphatic carbocycles. The monoisotopic (exact) mass is 438 g/mol. The Morgan fingerprint density at radius 2 is 1.74 bits per heavy atom. The Hall–Kier alpha value is -0.520.